The SMILES string of the molecule is Cc1cc(N2CCOC(C(N)=S)C2)c2ccccc2n1. The molecule has 104 valence electrons. The Morgan fingerprint density at radius 3 is 3.05 bits per heavy atom. The molecule has 0 radical (unpaired) electrons. The van der Waals surface area contributed by atoms with Gasteiger partial charge in [0.15, 0.2) is 0 Å². The van der Waals surface area contributed by atoms with E-state index in [9.17, 15) is 0 Å². The first-order valence-electron chi connectivity index (χ1n) is 6.67. The van der Waals surface area contributed by atoms with E-state index in [0.717, 1.165) is 23.1 Å². The molecular weight excluding hydrogens is 270 g/mol. The normalized spacial score (nSPS) is 19.2. The van der Waals surface area contributed by atoms with E-state index in [2.05, 4.69) is 22.0 Å². The van der Waals surface area contributed by atoms with Crippen LogP contribution in [0.5, 0.6) is 0 Å². The van der Waals surface area contributed by atoms with Gasteiger partial charge in [-0.3, -0.25) is 4.98 Å². The van der Waals surface area contributed by atoms with Crippen molar-refractivity contribution in [1.29, 1.82) is 0 Å². The van der Waals surface area contributed by atoms with E-state index in [-0.39, 0.29) is 6.10 Å². The minimum Gasteiger partial charge on any atom is -0.391 e. The summed E-state index contributed by atoms with van der Waals surface area (Å²) in [6.45, 7) is 4.19. The first-order valence-corrected chi connectivity index (χ1v) is 7.08. The Morgan fingerprint density at radius 2 is 2.25 bits per heavy atom. The fourth-order valence-corrected chi connectivity index (χ4v) is 2.73. The number of para-hydroxylation sites is 1. The molecule has 0 spiro atoms. The Kier molecular flexibility index (Phi) is 3.54. The second kappa shape index (κ2) is 5.34. The zero-order valence-corrected chi connectivity index (χ0v) is 12.2. The van der Waals surface area contributed by atoms with E-state index in [1.54, 1.807) is 0 Å². The minimum atomic E-state index is -0.175. The Morgan fingerprint density at radius 1 is 1.45 bits per heavy atom. The van der Waals surface area contributed by atoms with Gasteiger partial charge in [0, 0.05) is 23.3 Å². The number of fused-ring (bicyclic) bond motifs is 1. The maximum atomic E-state index is 5.72. The van der Waals surface area contributed by atoms with Crippen molar-refractivity contribution in [2.75, 3.05) is 24.6 Å². The predicted molar refractivity (Wildman–Crippen MR) is 85.2 cm³/mol. The van der Waals surface area contributed by atoms with Crippen LogP contribution in [0.25, 0.3) is 10.9 Å². The number of hydrogen-bond donors (Lipinski definition) is 1. The maximum absolute atomic E-state index is 5.72. The van der Waals surface area contributed by atoms with Crippen LogP contribution in [-0.4, -0.2) is 35.8 Å². The van der Waals surface area contributed by atoms with E-state index in [4.69, 9.17) is 22.7 Å². The third kappa shape index (κ3) is 2.46. The number of nitrogens with two attached hydrogens (primary N) is 1. The number of thiocarbonyl (C=S) groups is 1. The third-order valence-electron chi connectivity index (χ3n) is 3.55. The molecule has 20 heavy (non-hydrogen) atoms. The van der Waals surface area contributed by atoms with Gasteiger partial charge in [-0.15, -0.1) is 0 Å². The first kappa shape index (κ1) is 13.3. The monoisotopic (exact) mass is 287 g/mol. The lowest BCUT2D eigenvalue weighted by atomic mass is 10.1. The van der Waals surface area contributed by atoms with E-state index in [0.29, 0.717) is 18.1 Å². The molecule has 1 atom stereocenters. The maximum Gasteiger partial charge on any atom is 0.125 e. The molecule has 1 aromatic heterocycles. The van der Waals surface area contributed by atoms with Crippen molar-refractivity contribution in [3.63, 3.8) is 0 Å². The lowest BCUT2D eigenvalue weighted by Crippen LogP contribution is -2.48. The lowest BCUT2D eigenvalue weighted by molar-refractivity contribution is 0.0848. The van der Waals surface area contributed by atoms with Crippen molar-refractivity contribution in [2.45, 2.75) is 13.0 Å². The number of aromatic nitrogens is 1. The van der Waals surface area contributed by atoms with Crippen LogP contribution < -0.4 is 10.6 Å². The van der Waals surface area contributed by atoms with E-state index < -0.39 is 0 Å². The predicted octanol–water partition coefficient (Wildman–Crippen LogP) is 2.03. The number of nitrogens with zero attached hydrogens (tertiary/aromatic N) is 2. The highest BCUT2D eigenvalue weighted by Crippen LogP contribution is 2.28. The summed E-state index contributed by atoms with van der Waals surface area (Å²) >= 11 is 5.05. The standard InChI is InChI=1S/C15H17N3OS/c1-10-8-13(11-4-2-3-5-12(11)17-10)18-6-7-19-14(9-18)15(16)20/h2-5,8,14H,6-7,9H2,1H3,(H2,16,20). The Balaban J connectivity index is 2.03. The summed E-state index contributed by atoms with van der Waals surface area (Å²) < 4.78 is 5.61. The molecule has 5 heteroatoms. The minimum absolute atomic E-state index is 0.175. The number of morpholine rings is 1. The van der Waals surface area contributed by atoms with E-state index in [1.807, 2.05) is 25.1 Å². The van der Waals surface area contributed by atoms with Crippen molar-refractivity contribution in [3.05, 3.63) is 36.0 Å². The Labute approximate surface area is 123 Å². The van der Waals surface area contributed by atoms with Crippen LogP contribution in [0.2, 0.25) is 0 Å². The summed E-state index contributed by atoms with van der Waals surface area (Å²) in [4.78, 5) is 7.28. The fraction of sp³-hybridized carbons (Fsp3) is 0.333. The molecule has 1 aromatic carbocycles. The zero-order valence-electron chi connectivity index (χ0n) is 11.4. The molecule has 0 aliphatic carbocycles. The van der Waals surface area contributed by atoms with Crippen molar-refractivity contribution in [2.24, 2.45) is 5.73 Å². The number of ether oxygens (including phenoxy) is 1. The topological polar surface area (TPSA) is 51.4 Å². The molecule has 3 rings (SSSR count). The average Bonchev–Trinajstić information content (AvgIpc) is 2.46. The van der Waals surface area contributed by atoms with Crippen molar-refractivity contribution in [3.8, 4) is 0 Å². The van der Waals surface area contributed by atoms with Gasteiger partial charge in [0.25, 0.3) is 0 Å². The summed E-state index contributed by atoms with van der Waals surface area (Å²) in [5.41, 5.74) is 8.92. The summed E-state index contributed by atoms with van der Waals surface area (Å²) in [6.07, 6.45) is -0.175. The molecule has 2 N–H and O–H groups in total. The van der Waals surface area contributed by atoms with Crippen LogP contribution in [-0.2, 0) is 4.74 Å². The average molecular weight is 287 g/mol. The highest BCUT2D eigenvalue weighted by molar-refractivity contribution is 7.80. The van der Waals surface area contributed by atoms with E-state index >= 15 is 0 Å². The molecule has 1 unspecified atom stereocenters. The van der Waals surface area contributed by atoms with Gasteiger partial charge >= 0.3 is 0 Å². The number of hydrogen-bond acceptors (Lipinski definition) is 4. The quantitative estimate of drug-likeness (QED) is 0.857. The highest BCUT2D eigenvalue weighted by Gasteiger charge is 2.24. The van der Waals surface area contributed by atoms with Gasteiger partial charge in [0.1, 0.15) is 11.1 Å². The van der Waals surface area contributed by atoms with Gasteiger partial charge in [-0.25, -0.2) is 0 Å². The second-order valence-corrected chi connectivity index (χ2v) is 5.48. The van der Waals surface area contributed by atoms with Crippen LogP contribution in [0.15, 0.2) is 30.3 Å². The van der Waals surface area contributed by atoms with Crippen LogP contribution >= 0.6 is 12.2 Å². The molecule has 2 heterocycles. The number of anilines is 1. The lowest BCUT2D eigenvalue weighted by Gasteiger charge is -2.34. The molecule has 0 saturated carbocycles. The molecule has 1 aliphatic heterocycles. The smallest absolute Gasteiger partial charge is 0.125 e. The van der Waals surface area contributed by atoms with E-state index in [1.165, 1.54) is 5.69 Å². The number of rotatable bonds is 2. The van der Waals surface area contributed by atoms with Crippen molar-refractivity contribution in [1.82, 2.24) is 4.98 Å². The molecule has 1 aliphatic rings. The largest absolute Gasteiger partial charge is 0.391 e. The number of pyridine rings is 1. The number of aryl methyl sites for hydroxylation is 1. The third-order valence-corrected chi connectivity index (χ3v) is 3.81. The molecule has 0 amide bonds. The van der Waals surface area contributed by atoms with Crippen LogP contribution in [0, 0.1) is 6.92 Å². The second-order valence-electron chi connectivity index (χ2n) is 5.01. The Hall–Kier alpha value is -1.72. The zero-order chi connectivity index (χ0) is 14.1. The molecule has 0 bridgehead atoms. The molecule has 2 aromatic rings. The van der Waals surface area contributed by atoms with Gasteiger partial charge in [0.05, 0.1) is 18.7 Å². The van der Waals surface area contributed by atoms with Gasteiger partial charge in [0.2, 0.25) is 0 Å². The van der Waals surface area contributed by atoms with Gasteiger partial charge in [-0.2, -0.15) is 0 Å². The summed E-state index contributed by atoms with van der Waals surface area (Å²) in [5.74, 6) is 0. The van der Waals surface area contributed by atoms with Gasteiger partial charge < -0.3 is 15.4 Å². The fourth-order valence-electron chi connectivity index (χ4n) is 2.59. The Bertz CT molecular complexity index is 659. The molecule has 1 fully saturated rings. The summed E-state index contributed by atoms with van der Waals surface area (Å²) in [5, 5.41) is 1.15. The molecule has 4 nitrogen and oxygen atoms in total. The van der Waals surface area contributed by atoms with Gasteiger partial charge in [-0.05, 0) is 19.1 Å². The molecule has 1 saturated heterocycles. The van der Waals surface area contributed by atoms with Crippen LogP contribution in [0.4, 0.5) is 5.69 Å². The van der Waals surface area contributed by atoms with Crippen molar-refractivity contribution < 1.29 is 4.74 Å². The first-order chi connectivity index (χ1) is 9.65. The van der Waals surface area contributed by atoms with Gasteiger partial charge in [-0.1, -0.05) is 30.4 Å². The summed E-state index contributed by atoms with van der Waals surface area (Å²) in [6, 6.07) is 10.3. The highest BCUT2D eigenvalue weighted by atomic mass is 32.1. The number of benzene rings is 1. The molecular formula is C15H17N3OS. The van der Waals surface area contributed by atoms with Crippen LogP contribution in [0.3, 0.4) is 0 Å². The van der Waals surface area contributed by atoms with Crippen molar-refractivity contribution >= 4 is 33.8 Å². The summed E-state index contributed by atoms with van der Waals surface area (Å²) in [7, 11) is 0. The van der Waals surface area contributed by atoms with Crippen LogP contribution in [0.1, 0.15) is 5.69 Å².